The lowest BCUT2D eigenvalue weighted by atomic mass is 10.1. The van der Waals surface area contributed by atoms with Gasteiger partial charge >= 0.3 is 0 Å². The van der Waals surface area contributed by atoms with E-state index in [1.54, 1.807) is 6.20 Å². The fourth-order valence-corrected chi connectivity index (χ4v) is 2.34. The summed E-state index contributed by atoms with van der Waals surface area (Å²) in [6.45, 7) is 0.519. The number of carbonyl (C=O) groups excluding carboxylic acids is 1. The van der Waals surface area contributed by atoms with E-state index in [1.807, 2.05) is 60.7 Å². The number of benzene rings is 2. The summed E-state index contributed by atoms with van der Waals surface area (Å²) >= 11 is 0. The van der Waals surface area contributed by atoms with E-state index in [2.05, 4.69) is 15.5 Å². The number of ether oxygens (including phenoxy) is 1. The zero-order valence-electron chi connectivity index (χ0n) is 13.2. The van der Waals surface area contributed by atoms with Crippen LogP contribution in [0.4, 0.5) is 5.69 Å². The molecule has 0 radical (unpaired) electrons. The standard InChI is InChI=1S/C19H19N3O2/c23-19(10-5-13-24-17-8-2-1-3-9-17)21-16-7-4-6-15(14-16)18-11-12-20-22-18/h1-4,6-9,11-12,14H,5,10,13H2,(H,20,22)(H,21,23). The molecule has 1 heterocycles. The quantitative estimate of drug-likeness (QED) is 0.649. The highest BCUT2D eigenvalue weighted by atomic mass is 16.5. The van der Waals surface area contributed by atoms with Crippen molar-refractivity contribution in [3.05, 3.63) is 66.9 Å². The molecule has 0 unspecified atom stereocenters. The Morgan fingerprint density at radius 3 is 2.75 bits per heavy atom. The Balaban J connectivity index is 1.46. The summed E-state index contributed by atoms with van der Waals surface area (Å²) in [7, 11) is 0. The Bertz CT molecular complexity index is 770. The van der Waals surface area contributed by atoms with E-state index in [-0.39, 0.29) is 5.91 Å². The van der Waals surface area contributed by atoms with Gasteiger partial charge in [0.25, 0.3) is 0 Å². The van der Waals surface area contributed by atoms with Crippen LogP contribution < -0.4 is 10.1 Å². The third kappa shape index (κ3) is 4.46. The van der Waals surface area contributed by atoms with Crippen LogP contribution in [0.2, 0.25) is 0 Å². The Kier molecular flexibility index (Phi) is 5.24. The van der Waals surface area contributed by atoms with E-state index in [1.165, 1.54) is 0 Å². The monoisotopic (exact) mass is 321 g/mol. The van der Waals surface area contributed by atoms with E-state index < -0.39 is 0 Å². The number of para-hydroxylation sites is 1. The number of hydrogen-bond donors (Lipinski definition) is 2. The lowest BCUT2D eigenvalue weighted by Crippen LogP contribution is -2.12. The minimum absolute atomic E-state index is 0.0200. The molecule has 0 saturated heterocycles. The SMILES string of the molecule is O=C(CCCOc1ccccc1)Nc1cccc(-c2ccn[nH]2)c1. The number of anilines is 1. The van der Waals surface area contributed by atoms with Crippen molar-refractivity contribution in [1.29, 1.82) is 0 Å². The molecule has 0 spiro atoms. The van der Waals surface area contributed by atoms with Crippen LogP contribution >= 0.6 is 0 Å². The number of aromatic amines is 1. The van der Waals surface area contributed by atoms with Gasteiger partial charge in [-0.25, -0.2) is 0 Å². The normalized spacial score (nSPS) is 10.3. The summed E-state index contributed by atoms with van der Waals surface area (Å²) in [4.78, 5) is 12.0. The number of nitrogens with one attached hydrogen (secondary N) is 2. The van der Waals surface area contributed by atoms with Gasteiger partial charge in [0.1, 0.15) is 5.75 Å². The molecule has 5 nitrogen and oxygen atoms in total. The van der Waals surface area contributed by atoms with Gasteiger partial charge in [0.15, 0.2) is 0 Å². The highest BCUT2D eigenvalue weighted by Crippen LogP contribution is 2.20. The Morgan fingerprint density at radius 2 is 1.96 bits per heavy atom. The van der Waals surface area contributed by atoms with Crippen molar-refractivity contribution < 1.29 is 9.53 Å². The zero-order chi connectivity index (χ0) is 16.6. The van der Waals surface area contributed by atoms with Crippen LogP contribution in [0.5, 0.6) is 5.75 Å². The zero-order valence-corrected chi connectivity index (χ0v) is 13.2. The molecule has 0 bridgehead atoms. The minimum atomic E-state index is -0.0200. The Morgan fingerprint density at radius 1 is 1.08 bits per heavy atom. The van der Waals surface area contributed by atoms with Crippen LogP contribution in [0.1, 0.15) is 12.8 Å². The van der Waals surface area contributed by atoms with E-state index in [9.17, 15) is 4.79 Å². The average molecular weight is 321 g/mol. The second-order valence-electron chi connectivity index (χ2n) is 5.36. The van der Waals surface area contributed by atoms with Gasteiger partial charge in [0.2, 0.25) is 5.91 Å². The molecular weight excluding hydrogens is 302 g/mol. The number of nitrogens with zero attached hydrogens (tertiary/aromatic N) is 1. The van der Waals surface area contributed by atoms with Crippen molar-refractivity contribution >= 4 is 11.6 Å². The smallest absolute Gasteiger partial charge is 0.224 e. The van der Waals surface area contributed by atoms with Gasteiger partial charge in [-0.3, -0.25) is 9.89 Å². The van der Waals surface area contributed by atoms with E-state index in [4.69, 9.17) is 4.74 Å². The van der Waals surface area contributed by atoms with Gasteiger partial charge in [0.05, 0.1) is 12.3 Å². The maximum absolute atomic E-state index is 12.0. The third-order valence-electron chi connectivity index (χ3n) is 3.52. The molecule has 24 heavy (non-hydrogen) atoms. The van der Waals surface area contributed by atoms with Gasteiger partial charge in [-0.2, -0.15) is 5.10 Å². The maximum atomic E-state index is 12.0. The van der Waals surface area contributed by atoms with Gasteiger partial charge in [0, 0.05) is 23.9 Å². The van der Waals surface area contributed by atoms with Crippen LogP contribution in [0.15, 0.2) is 66.9 Å². The summed E-state index contributed by atoms with van der Waals surface area (Å²) in [6, 6.07) is 19.2. The predicted molar refractivity (Wildman–Crippen MR) is 93.8 cm³/mol. The molecule has 3 rings (SSSR count). The predicted octanol–water partition coefficient (Wildman–Crippen LogP) is 3.87. The molecule has 3 aromatic rings. The molecule has 0 aliphatic carbocycles. The van der Waals surface area contributed by atoms with Crippen molar-refractivity contribution in [3.63, 3.8) is 0 Å². The van der Waals surface area contributed by atoms with Crippen LogP contribution in [-0.4, -0.2) is 22.7 Å². The van der Waals surface area contributed by atoms with Crippen LogP contribution in [0.3, 0.4) is 0 Å². The first-order valence-corrected chi connectivity index (χ1v) is 7.89. The molecule has 0 aliphatic heterocycles. The minimum Gasteiger partial charge on any atom is -0.494 e. The van der Waals surface area contributed by atoms with E-state index >= 15 is 0 Å². The Hall–Kier alpha value is -3.08. The first kappa shape index (κ1) is 15.8. The second kappa shape index (κ2) is 7.97. The summed E-state index contributed by atoms with van der Waals surface area (Å²) in [5, 5.41) is 9.76. The van der Waals surface area contributed by atoms with Crippen LogP contribution in [0, 0.1) is 0 Å². The highest BCUT2D eigenvalue weighted by Gasteiger charge is 2.05. The average Bonchev–Trinajstić information content (AvgIpc) is 3.15. The summed E-state index contributed by atoms with van der Waals surface area (Å²) in [6.07, 6.45) is 2.79. The molecule has 122 valence electrons. The number of hydrogen-bond acceptors (Lipinski definition) is 3. The van der Waals surface area contributed by atoms with E-state index in [0.717, 1.165) is 22.7 Å². The number of amides is 1. The van der Waals surface area contributed by atoms with Crippen LogP contribution in [-0.2, 0) is 4.79 Å². The molecular formula is C19H19N3O2. The molecule has 1 aromatic heterocycles. The molecule has 0 aliphatic rings. The summed E-state index contributed by atoms with van der Waals surface area (Å²) in [5.41, 5.74) is 2.68. The van der Waals surface area contributed by atoms with Crippen molar-refractivity contribution in [3.8, 4) is 17.0 Å². The molecule has 2 N–H and O–H groups in total. The van der Waals surface area contributed by atoms with Gasteiger partial charge in [-0.15, -0.1) is 0 Å². The number of rotatable bonds is 7. The van der Waals surface area contributed by atoms with Gasteiger partial charge < -0.3 is 10.1 Å². The largest absolute Gasteiger partial charge is 0.494 e. The van der Waals surface area contributed by atoms with Crippen molar-refractivity contribution in [2.45, 2.75) is 12.8 Å². The third-order valence-corrected chi connectivity index (χ3v) is 3.52. The topological polar surface area (TPSA) is 67.0 Å². The fourth-order valence-electron chi connectivity index (χ4n) is 2.34. The molecule has 0 atom stereocenters. The van der Waals surface area contributed by atoms with Crippen molar-refractivity contribution in [2.24, 2.45) is 0 Å². The molecule has 0 fully saturated rings. The lowest BCUT2D eigenvalue weighted by molar-refractivity contribution is -0.116. The molecule has 2 aromatic carbocycles. The van der Waals surface area contributed by atoms with Crippen molar-refractivity contribution in [1.82, 2.24) is 10.2 Å². The highest BCUT2D eigenvalue weighted by molar-refractivity contribution is 5.91. The van der Waals surface area contributed by atoms with Crippen molar-refractivity contribution in [2.75, 3.05) is 11.9 Å². The fraction of sp³-hybridized carbons (Fsp3) is 0.158. The number of aromatic nitrogens is 2. The van der Waals surface area contributed by atoms with Crippen LogP contribution in [0.25, 0.3) is 11.3 Å². The van der Waals surface area contributed by atoms with Gasteiger partial charge in [-0.05, 0) is 36.8 Å². The molecule has 5 heteroatoms. The first-order chi connectivity index (χ1) is 11.8. The summed E-state index contributed by atoms with van der Waals surface area (Å²) < 4.78 is 5.58. The summed E-state index contributed by atoms with van der Waals surface area (Å²) in [5.74, 6) is 0.804. The Labute approximate surface area is 140 Å². The maximum Gasteiger partial charge on any atom is 0.224 e. The lowest BCUT2D eigenvalue weighted by Gasteiger charge is -2.08. The first-order valence-electron chi connectivity index (χ1n) is 7.89. The molecule has 0 saturated carbocycles. The molecule has 1 amide bonds. The van der Waals surface area contributed by atoms with E-state index in [0.29, 0.717) is 19.4 Å². The number of carbonyl (C=O) groups is 1. The van der Waals surface area contributed by atoms with Gasteiger partial charge in [-0.1, -0.05) is 30.3 Å². The number of H-pyrrole nitrogens is 1. The second-order valence-corrected chi connectivity index (χ2v) is 5.36.